The Hall–Kier alpha value is -4.43. The second-order valence-corrected chi connectivity index (χ2v) is 8.17. The highest BCUT2D eigenvalue weighted by molar-refractivity contribution is 6.32. The zero-order valence-corrected chi connectivity index (χ0v) is 20.4. The highest BCUT2D eigenvalue weighted by atomic mass is 35.5. The van der Waals surface area contributed by atoms with Gasteiger partial charge in [0.15, 0.2) is 5.84 Å². The molecule has 0 fully saturated rings. The lowest BCUT2D eigenvalue weighted by Gasteiger charge is -2.20. The van der Waals surface area contributed by atoms with E-state index in [1.54, 1.807) is 61.5 Å². The van der Waals surface area contributed by atoms with Crippen LogP contribution in [0.15, 0.2) is 83.5 Å². The Labute approximate surface area is 213 Å². The molecule has 1 aliphatic rings. The molecule has 0 radical (unpaired) electrons. The standard InChI is InChI=1S/C27H23ClN4O4/c1-3-36-24-16-20(29-17(2)33)13-14-21(24)26(34)31-32-25(18-9-5-4-6-10-18)30-23(27(32)35)15-19-11-7-8-12-22(19)28/h4-16H,3H2,1-2H3,(H,29,33)(H,31,34)/b23-15+. The highest BCUT2D eigenvalue weighted by Gasteiger charge is 2.33. The second kappa shape index (κ2) is 10.9. The van der Waals surface area contributed by atoms with E-state index in [1.165, 1.54) is 13.0 Å². The fourth-order valence-corrected chi connectivity index (χ4v) is 3.76. The van der Waals surface area contributed by atoms with E-state index in [0.29, 0.717) is 28.4 Å². The van der Waals surface area contributed by atoms with E-state index < -0.39 is 11.8 Å². The Morgan fingerprint density at radius 1 is 1.06 bits per heavy atom. The zero-order valence-electron chi connectivity index (χ0n) is 19.6. The van der Waals surface area contributed by atoms with E-state index in [2.05, 4.69) is 15.7 Å². The van der Waals surface area contributed by atoms with Crippen LogP contribution in [0, 0.1) is 0 Å². The van der Waals surface area contributed by atoms with Crippen LogP contribution in [0.25, 0.3) is 6.08 Å². The van der Waals surface area contributed by atoms with Gasteiger partial charge in [-0.3, -0.25) is 19.8 Å². The van der Waals surface area contributed by atoms with Crippen molar-refractivity contribution in [3.8, 4) is 5.75 Å². The number of benzene rings is 3. The van der Waals surface area contributed by atoms with E-state index in [-0.39, 0.29) is 28.8 Å². The molecule has 0 atom stereocenters. The number of hydrogen-bond donors (Lipinski definition) is 2. The van der Waals surface area contributed by atoms with Gasteiger partial charge in [0.05, 0.1) is 12.2 Å². The topological polar surface area (TPSA) is 100 Å². The normalized spacial score (nSPS) is 14.0. The number of ether oxygens (including phenoxy) is 1. The predicted molar refractivity (Wildman–Crippen MR) is 139 cm³/mol. The summed E-state index contributed by atoms with van der Waals surface area (Å²) in [5, 5.41) is 4.24. The Balaban J connectivity index is 1.69. The minimum Gasteiger partial charge on any atom is -0.493 e. The summed E-state index contributed by atoms with van der Waals surface area (Å²) in [5.41, 5.74) is 4.71. The molecule has 3 aromatic rings. The van der Waals surface area contributed by atoms with E-state index in [4.69, 9.17) is 16.3 Å². The number of amides is 3. The quantitative estimate of drug-likeness (QED) is 0.458. The van der Waals surface area contributed by atoms with E-state index in [0.717, 1.165) is 5.01 Å². The summed E-state index contributed by atoms with van der Waals surface area (Å²) in [4.78, 5) is 42.6. The monoisotopic (exact) mass is 502 g/mol. The highest BCUT2D eigenvalue weighted by Crippen LogP contribution is 2.26. The molecule has 36 heavy (non-hydrogen) atoms. The summed E-state index contributed by atoms with van der Waals surface area (Å²) in [6.45, 7) is 3.47. The smallest absolute Gasteiger partial charge is 0.297 e. The molecule has 0 bridgehead atoms. The van der Waals surface area contributed by atoms with Gasteiger partial charge >= 0.3 is 0 Å². The minimum atomic E-state index is -0.580. The third kappa shape index (κ3) is 5.45. The molecule has 3 amide bonds. The van der Waals surface area contributed by atoms with Crippen LogP contribution < -0.4 is 15.5 Å². The lowest BCUT2D eigenvalue weighted by atomic mass is 10.1. The number of carbonyl (C=O) groups excluding carboxylic acids is 3. The molecule has 4 rings (SSSR count). The van der Waals surface area contributed by atoms with Gasteiger partial charge in [-0.15, -0.1) is 0 Å². The predicted octanol–water partition coefficient (Wildman–Crippen LogP) is 4.67. The van der Waals surface area contributed by atoms with Crippen molar-refractivity contribution in [3.05, 3.63) is 100 Å². The van der Waals surface area contributed by atoms with Crippen molar-refractivity contribution in [2.75, 3.05) is 11.9 Å². The van der Waals surface area contributed by atoms with Crippen LogP contribution in [0.1, 0.15) is 35.3 Å². The second-order valence-electron chi connectivity index (χ2n) is 7.76. The number of nitrogens with zero attached hydrogens (tertiary/aromatic N) is 2. The summed E-state index contributed by atoms with van der Waals surface area (Å²) in [6.07, 6.45) is 1.58. The molecule has 0 unspecified atom stereocenters. The molecule has 3 aromatic carbocycles. The summed E-state index contributed by atoms with van der Waals surface area (Å²) < 4.78 is 5.62. The first-order valence-corrected chi connectivity index (χ1v) is 11.6. The molecule has 1 heterocycles. The number of aliphatic imine (C=N–C) groups is 1. The number of amidine groups is 1. The van der Waals surface area contributed by atoms with Gasteiger partial charge in [0, 0.05) is 29.3 Å². The van der Waals surface area contributed by atoms with Crippen LogP contribution in [0.4, 0.5) is 5.69 Å². The maximum atomic E-state index is 13.4. The molecule has 0 aromatic heterocycles. The average molecular weight is 503 g/mol. The van der Waals surface area contributed by atoms with E-state index >= 15 is 0 Å². The molecule has 0 saturated heterocycles. The van der Waals surface area contributed by atoms with Gasteiger partial charge in [0.25, 0.3) is 11.8 Å². The summed E-state index contributed by atoms with van der Waals surface area (Å²) in [5.74, 6) is -0.823. The SMILES string of the molecule is CCOc1cc(NC(C)=O)ccc1C(=O)NN1C(=O)/C(=C\c2ccccc2Cl)N=C1c1ccccc1. The van der Waals surface area contributed by atoms with Crippen LogP contribution >= 0.6 is 11.6 Å². The first-order chi connectivity index (χ1) is 17.4. The van der Waals surface area contributed by atoms with Crippen molar-refractivity contribution < 1.29 is 19.1 Å². The number of anilines is 1. The third-order valence-electron chi connectivity index (χ3n) is 5.15. The van der Waals surface area contributed by atoms with Crippen LogP contribution in [0.5, 0.6) is 5.75 Å². The average Bonchev–Trinajstić information content (AvgIpc) is 3.16. The summed E-state index contributed by atoms with van der Waals surface area (Å²) in [6, 6.07) is 20.8. The van der Waals surface area contributed by atoms with E-state index in [1.807, 2.05) is 18.2 Å². The summed E-state index contributed by atoms with van der Waals surface area (Å²) in [7, 11) is 0. The molecule has 0 spiro atoms. The fourth-order valence-electron chi connectivity index (χ4n) is 3.57. The summed E-state index contributed by atoms with van der Waals surface area (Å²) >= 11 is 6.27. The number of carbonyl (C=O) groups is 3. The lowest BCUT2D eigenvalue weighted by molar-refractivity contribution is -0.124. The van der Waals surface area contributed by atoms with Crippen LogP contribution in [-0.4, -0.2) is 35.2 Å². The van der Waals surface area contributed by atoms with Gasteiger partial charge in [0.1, 0.15) is 11.4 Å². The van der Waals surface area contributed by atoms with Crippen LogP contribution in [0.3, 0.4) is 0 Å². The van der Waals surface area contributed by atoms with Crippen molar-refractivity contribution in [1.82, 2.24) is 10.4 Å². The van der Waals surface area contributed by atoms with Crippen LogP contribution in [0.2, 0.25) is 5.02 Å². The molecule has 0 aliphatic carbocycles. The van der Waals surface area contributed by atoms with E-state index in [9.17, 15) is 14.4 Å². The lowest BCUT2D eigenvalue weighted by Crippen LogP contribution is -2.47. The largest absolute Gasteiger partial charge is 0.493 e. The minimum absolute atomic E-state index is 0.119. The molecule has 0 saturated carbocycles. The van der Waals surface area contributed by atoms with Gasteiger partial charge in [-0.05, 0) is 36.8 Å². The zero-order chi connectivity index (χ0) is 25.7. The van der Waals surface area contributed by atoms with Gasteiger partial charge in [-0.25, -0.2) is 4.99 Å². The van der Waals surface area contributed by atoms with Gasteiger partial charge in [0.2, 0.25) is 5.91 Å². The van der Waals surface area contributed by atoms with Crippen molar-refractivity contribution >= 4 is 46.9 Å². The Morgan fingerprint density at radius 3 is 2.47 bits per heavy atom. The molecule has 182 valence electrons. The Bertz CT molecular complexity index is 1390. The number of hydrogen-bond acceptors (Lipinski definition) is 5. The van der Waals surface area contributed by atoms with Crippen molar-refractivity contribution in [2.45, 2.75) is 13.8 Å². The molecule has 1 aliphatic heterocycles. The molecular weight excluding hydrogens is 480 g/mol. The van der Waals surface area contributed by atoms with Gasteiger partial charge in [-0.2, -0.15) is 5.01 Å². The third-order valence-corrected chi connectivity index (χ3v) is 5.49. The maximum absolute atomic E-state index is 13.4. The van der Waals surface area contributed by atoms with Crippen molar-refractivity contribution in [3.63, 3.8) is 0 Å². The molecule has 2 N–H and O–H groups in total. The fraction of sp³-hybridized carbons (Fsp3) is 0.111. The Morgan fingerprint density at radius 2 is 1.78 bits per heavy atom. The Kier molecular flexibility index (Phi) is 7.46. The van der Waals surface area contributed by atoms with Crippen molar-refractivity contribution in [2.24, 2.45) is 4.99 Å². The first-order valence-electron chi connectivity index (χ1n) is 11.2. The number of rotatable bonds is 7. The first kappa shape index (κ1) is 24.7. The van der Waals surface area contributed by atoms with Gasteiger partial charge < -0.3 is 10.1 Å². The number of hydrazine groups is 1. The number of halogens is 1. The molecule has 9 heteroatoms. The molecule has 8 nitrogen and oxygen atoms in total. The van der Waals surface area contributed by atoms with Crippen molar-refractivity contribution in [1.29, 1.82) is 0 Å². The molecular formula is C27H23ClN4O4. The van der Waals surface area contributed by atoms with Gasteiger partial charge in [-0.1, -0.05) is 60.1 Å². The maximum Gasteiger partial charge on any atom is 0.297 e. The van der Waals surface area contributed by atoms with Crippen LogP contribution in [-0.2, 0) is 9.59 Å². The number of nitrogens with one attached hydrogen (secondary N) is 2.